The first kappa shape index (κ1) is 14.7. The molecule has 2 aromatic heterocycles. The Hall–Kier alpha value is -1.88. The van der Waals surface area contributed by atoms with Crippen LogP contribution in [0.2, 0.25) is 0 Å². The second-order valence-electron chi connectivity index (χ2n) is 7.21. The first-order valence-electron chi connectivity index (χ1n) is 8.60. The molecule has 0 aromatic carbocycles. The van der Waals surface area contributed by atoms with Crippen molar-refractivity contribution in [3.05, 3.63) is 35.7 Å². The van der Waals surface area contributed by atoms with E-state index in [0.29, 0.717) is 5.56 Å². The van der Waals surface area contributed by atoms with E-state index in [1.165, 1.54) is 38.8 Å². The summed E-state index contributed by atoms with van der Waals surface area (Å²) in [7, 11) is 0. The molecule has 0 aliphatic carbocycles. The normalized spacial score (nSPS) is 27.1. The van der Waals surface area contributed by atoms with Crippen LogP contribution >= 0.6 is 0 Å². The molecule has 0 atom stereocenters. The molecule has 1 amide bonds. The first-order valence-corrected chi connectivity index (χ1v) is 8.60. The molecule has 2 aromatic rings. The minimum Gasteiger partial charge on any atom is -0.351 e. The number of fused-ring (bicyclic) bond motifs is 3. The summed E-state index contributed by atoms with van der Waals surface area (Å²) < 4.78 is 1.78. The molecular formula is C18H24N4O. The van der Waals surface area contributed by atoms with Crippen LogP contribution in [0.1, 0.15) is 41.6 Å². The van der Waals surface area contributed by atoms with E-state index in [1.807, 2.05) is 25.3 Å². The molecule has 5 heteroatoms. The van der Waals surface area contributed by atoms with Gasteiger partial charge in [0.2, 0.25) is 0 Å². The van der Waals surface area contributed by atoms with Gasteiger partial charge in [-0.25, -0.2) is 4.52 Å². The van der Waals surface area contributed by atoms with Crippen molar-refractivity contribution in [2.24, 2.45) is 5.41 Å². The maximum absolute atomic E-state index is 12.7. The van der Waals surface area contributed by atoms with Gasteiger partial charge in [0.25, 0.3) is 5.91 Å². The molecule has 2 bridgehead atoms. The van der Waals surface area contributed by atoms with Crippen molar-refractivity contribution in [2.75, 3.05) is 26.2 Å². The monoisotopic (exact) mass is 312 g/mol. The largest absolute Gasteiger partial charge is 0.351 e. The summed E-state index contributed by atoms with van der Waals surface area (Å²) in [5.41, 5.74) is 2.96. The van der Waals surface area contributed by atoms with E-state index in [1.54, 1.807) is 10.7 Å². The number of carbonyl (C=O) groups excluding carboxylic acids is 1. The van der Waals surface area contributed by atoms with Crippen molar-refractivity contribution in [3.63, 3.8) is 0 Å². The zero-order chi connectivity index (χ0) is 15.9. The highest BCUT2D eigenvalue weighted by Gasteiger charge is 2.38. The number of nitrogens with zero attached hydrogens (tertiary/aromatic N) is 3. The lowest BCUT2D eigenvalue weighted by Crippen LogP contribution is -2.52. The molecule has 0 saturated carbocycles. The number of carbonyl (C=O) groups is 1. The Labute approximate surface area is 136 Å². The van der Waals surface area contributed by atoms with Gasteiger partial charge in [-0.1, -0.05) is 6.07 Å². The third-order valence-electron chi connectivity index (χ3n) is 5.53. The predicted molar refractivity (Wildman–Crippen MR) is 89.6 cm³/mol. The van der Waals surface area contributed by atoms with Crippen LogP contribution in [0.5, 0.6) is 0 Å². The zero-order valence-corrected chi connectivity index (χ0v) is 13.7. The van der Waals surface area contributed by atoms with Crippen molar-refractivity contribution in [1.82, 2.24) is 19.8 Å². The van der Waals surface area contributed by atoms with Crippen LogP contribution in [-0.2, 0) is 0 Å². The Kier molecular flexibility index (Phi) is 3.60. The second kappa shape index (κ2) is 5.64. The third kappa shape index (κ3) is 2.63. The van der Waals surface area contributed by atoms with Crippen LogP contribution in [0.3, 0.4) is 0 Å². The molecule has 2 fully saturated rings. The van der Waals surface area contributed by atoms with E-state index >= 15 is 0 Å². The van der Waals surface area contributed by atoms with Gasteiger partial charge in [-0.15, -0.1) is 0 Å². The molecule has 4 rings (SSSR count). The minimum absolute atomic E-state index is 0.00590. The van der Waals surface area contributed by atoms with Crippen LogP contribution in [-0.4, -0.2) is 46.6 Å². The van der Waals surface area contributed by atoms with Gasteiger partial charge in [-0.05, 0) is 57.3 Å². The van der Waals surface area contributed by atoms with Gasteiger partial charge in [-0.3, -0.25) is 4.79 Å². The van der Waals surface area contributed by atoms with Crippen molar-refractivity contribution in [2.45, 2.75) is 32.6 Å². The summed E-state index contributed by atoms with van der Waals surface area (Å²) in [4.78, 5) is 15.2. The molecule has 2 saturated heterocycles. The van der Waals surface area contributed by atoms with E-state index in [4.69, 9.17) is 0 Å². The van der Waals surface area contributed by atoms with Crippen LogP contribution in [0.25, 0.3) is 5.52 Å². The van der Waals surface area contributed by atoms with Gasteiger partial charge in [0.15, 0.2) is 0 Å². The molecule has 122 valence electrons. The molecule has 0 spiro atoms. The molecular weight excluding hydrogens is 288 g/mol. The summed E-state index contributed by atoms with van der Waals surface area (Å²) in [5.74, 6) is 0.00590. The standard InChI is InChI=1S/C18H24N4O/c1-14-5-2-10-22-16(14)15(11-20-22)17(23)19-12-18-6-3-8-21(13-18)9-4-7-18/h2,5,10-11H,3-4,6-9,12-13H2,1H3,(H,19,23). The van der Waals surface area contributed by atoms with Crippen LogP contribution in [0.15, 0.2) is 24.5 Å². The number of rotatable bonds is 3. The number of amides is 1. The summed E-state index contributed by atoms with van der Waals surface area (Å²) in [6.45, 7) is 6.39. The van der Waals surface area contributed by atoms with Gasteiger partial charge in [0.1, 0.15) is 0 Å². The number of pyridine rings is 1. The van der Waals surface area contributed by atoms with E-state index in [9.17, 15) is 4.79 Å². The van der Waals surface area contributed by atoms with Crippen molar-refractivity contribution < 1.29 is 4.79 Å². The Morgan fingerprint density at radius 2 is 2.13 bits per heavy atom. The quantitative estimate of drug-likeness (QED) is 0.946. The Morgan fingerprint density at radius 1 is 1.35 bits per heavy atom. The fourth-order valence-corrected chi connectivity index (χ4v) is 4.36. The molecule has 2 aliphatic rings. The van der Waals surface area contributed by atoms with Crippen molar-refractivity contribution in [1.29, 1.82) is 0 Å². The maximum atomic E-state index is 12.7. The lowest BCUT2D eigenvalue weighted by Gasteiger charge is -2.47. The molecule has 4 heterocycles. The van der Waals surface area contributed by atoms with Gasteiger partial charge in [0.05, 0.1) is 17.3 Å². The average Bonchev–Trinajstić information content (AvgIpc) is 2.98. The highest BCUT2D eigenvalue weighted by Crippen LogP contribution is 2.37. The number of aromatic nitrogens is 2. The topological polar surface area (TPSA) is 49.6 Å². The fourth-order valence-electron chi connectivity index (χ4n) is 4.36. The summed E-state index contributed by atoms with van der Waals surface area (Å²) in [6.07, 6.45) is 8.55. The number of piperidine rings is 2. The summed E-state index contributed by atoms with van der Waals surface area (Å²) in [6, 6.07) is 3.97. The minimum atomic E-state index is 0.00590. The van der Waals surface area contributed by atoms with Crippen LogP contribution in [0, 0.1) is 12.3 Å². The number of aryl methyl sites for hydroxylation is 1. The van der Waals surface area contributed by atoms with E-state index in [2.05, 4.69) is 15.3 Å². The highest BCUT2D eigenvalue weighted by atomic mass is 16.1. The summed E-state index contributed by atoms with van der Waals surface area (Å²) in [5, 5.41) is 7.51. The zero-order valence-electron chi connectivity index (χ0n) is 13.7. The fraction of sp³-hybridized carbons (Fsp3) is 0.556. The number of nitrogens with one attached hydrogen (secondary N) is 1. The van der Waals surface area contributed by atoms with E-state index in [0.717, 1.165) is 24.2 Å². The molecule has 23 heavy (non-hydrogen) atoms. The van der Waals surface area contributed by atoms with Crippen LogP contribution in [0.4, 0.5) is 0 Å². The Bertz CT molecular complexity index is 726. The maximum Gasteiger partial charge on any atom is 0.255 e. The van der Waals surface area contributed by atoms with Crippen LogP contribution < -0.4 is 5.32 Å². The predicted octanol–water partition coefficient (Wildman–Crippen LogP) is 2.25. The van der Waals surface area contributed by atoms with Gasteiger partial charge >= 0.3 is 0 Å². The van der Waals surface area contributed by atoms with Crippen molar-refractivity contribution >= 4 is 11.4 Å². The molecule has 1 N–H and O–H groups in total. The first-order chi connectivity index (χ1) is 11.2. The Morgan fingerprint density at radius 3 is 2.91 bits per heavy atom. The van der Waals surface area contributed by atoms with Gasteiger partial charge < -0.3 is 10.2 Å². The van der Waals surface area contributed by atoms with Gasteiger partial charge in [-0.2, -0.15) is 5.10 Å². The highest BCUT2D eigenvalue weighted by molar-refractivity contribution is 6.01. The summed E-state index contributed by atoms with van der Waals surface area (Å²) >= 11 is 0. The molecule has 5 nitrogen and oxygen atoms in total. The SMILES string of the molecule is Cc1cccn2ncc(C(=O)NCC34CCCN(CCC3)C4)c12. The third-order valence-corrected chi connectivity index (χ3v) is 5.53. The van der Waals surface area contributed by atoms with Crippen molar-refractivity contribution in [3.8, 4) is 0 Å². The number of hydrogen-bond acceptors (Lipinski definition) is 3. The van der Waals surface area contributed by atoms with E-state index < -0.39 is 0 Å². The smallest absolute Gasteiger partial charge is 0.255 e. The second-order valence-corrected chi connectivity index (χ2v) is 7.21. The Balaban J connectivity index is 1.51. The average molecular weight is 312 g/mol. The van der Waals surface area contributed by atoms with Gasteiger partial charge in [0, 0.05) is 24.7 Å². The molecule has 2 aliphatic heterocycles. The lowest BCUT2D eigenvalue weighted by molar-refractivity contribution is 0.0370. The van der Waals surface area contributed by atoms with E-state index in [-0.39, 0.29) is 11.3 Å². The lowest BCUT2D eigenvalue weighted by atomic mass is 9.73. The molecule has 0 radical (unpaired) electrons. The number of hydrogen-bond donors (Lipinski definition) is 1. The molecule has 0 unspecified atom stereocenters.